The Bertz CT molecular complexity index is 775. The van der Waals surface area contributed by atoms with Crippen molar-refractivity contribution in [3.8, 4) is 0 Å². The van der Waals surface area contributed by atoms with Gasteiger partial charge in [-0.15, -0.1) is 0 Å². The number of benzene rings is 2. The van der Waals surface area contributed by atoms with E-state index in [1.807, 2.05) is 18.2 Å². The van der Waals surface area contributed by atoms with E-state index in [-0.39, 0.29) is 24.2 Å². The van der Waals surface area contributed by atoms with E-state index in [2.05, 4.69) is 17.4 Å². The van der Waals surface area contributed by atoms with Crippen LogP contribution in [0.2, 0.25) is 10.0 Å². The summed E-state index contributed by atoms with van der Waals surface area (Å²) in [5.74, 6) is -0.589. The molecule has 1 N–H and O–H groups in total. The van der Waals surface area contributed by atoms with Gasteiger partial charge in [-0.1, -0.05) is 59.6 Å². The van der Waals surface area contributed by atoms with E-state index in [1.165, 1.54) is 5.56 Å². The summed E-state index contributed by atoms with van der Waals surface area (Å²) in [6, 6.07) is 15.2. The number of halogens is 2. The molecule has 0 bridgehead atoms. The molecule has 1 aliphatic heterocycles. The first kappa shape index (κ1) is 18.7. The minimum Gasteiger partial charge on any atom is -0.342 e. The van der Waals surface area contributed by atoms with E-state index < -0.39 is 0 Å². The number of anilines is 1. The third kappa shape index (κ3) is 4.57. The first-order chi connectivity index (χ1) is 12.5. The number of rotatable bonds is 6. The smallest absolute Gasteiger partial charge is 0.229 e. The summed E-state index contributed by atoms with van der Waals surface area (Å²) in [5.41, 5.74) is 1.65. The summed E-state index contributed by atoms with van der Waals surface area (Å²) in [5, 5.41) is 3.53. The van der Waals surface area contributed by atoms with Crippen molar-refractivity contribution in [1.82, 2.24) is 4.90 Å². The van der Waals surface area contributed by atoms with Crippen LogP contribution in [0.3, 0.4) is 0 Å². The molecule has 1 fully saturated rings. The Kier molecular flexibility index (Phi) is 6.17. The number of nitrogens with one attached hydrogen (secondary N) is 1. The molecule has 0 aliphatic carbocycles. The van der Waals surface area contributed by atoms with Crippen LogP contribution in [-0.2, 0) is 16.0 Å². The number of carbonyl (C=O) groups excluding carboxylic acids is 2. The van der Waals surface area contributed by atoms with Crippen molar-refractivity contribution in [1.29, 1.82) is 0 Å². The van der Waals surface area contributed by atoms with Crippen molar-refractivity contribution in [2.24, 2.45) is 5.92 Å². The summed E-state index contributed by atoms with van der Waals surface area (Å²) in [4.78, 5) is 26.5. The van der Waals surface area contributed by atoms with Gasteiger partial charge in [-0.2, -0.15) is 0 Å². The minimum absolute atomic E-state index is 0.0171. The molecule has 1 heterocycles. The average Bonchev–Trinajstić information content (AvgIpc) is 3.00. The maximum absolute atomic E-state index is 12.5. The quantitative estimate of drug-likeness (QED) is 0.793. The lowest BCUT2D eigenvalue weighted by Crippen LogP contribution is -2.29. The SMILES string of the molecule is O=C(Nc1c(Cl)cccc1Cl)C1CC(=O)N(CCCc2ccccc2)C1. The molecule has 0 spiro atoms. The summed E-state index contributed by atoms with van der Waals surface area (Å²) < 4.78 is 0. The fraction of sp³-hybridized carbons (Fsp3) is 0.300. The number of nitrogens with zero attached hydrogens (tertiary/aromatic N) is 1. The van der Waals surface area contributed by atoms with Crippen LogP contribution in [0.15, 0.2) is 48.5 Å². The Labute approximate surface area is 163 Å². The van der Waals surface area contributed by atoms with Gasteiger partial charge in [-0.3, -0.25) is 9.59 Å². The van der Waals surface area contributed by atoms with E-state index >= 15 is 0 Å². The highest BCUT2D eigenvalue weighted by Gasteiger charge is 2.34. The molecule has 2 amide bonds. The molecule has 1 saturated heterocycles. The fourth-order valence-corrected chi connectivity index (χ4v) is 3.62. The third-order valence-electron chi connectivity index (χ3n) is 4.53. The van der Waals surface area contributed by atoms with Crippen molar-refractivity contribution in [2.75, 3.05) is 18.4 Å². The van der Waals surface area contributed by atoms with Crippen LogP contribution in [0.1, 0.15) is 18.4 Å². The molecule has 2 aromatic rings. The molecule has 0 saturated carbocycles. The van der Waals surface area contributed by atoms with Crippen molar-refractivity contribution in [2.45, 2.75) is 19.3 Å². The normalized spacial score (nSPS) is 16.8. The van der Waals surface area contributed by atoms with Crippen LogP contribution in [-0.4, -0.2) is 29.8 Å². The van der Waals surface area contributed by atoms with Gasteiger partial charge in [-0.25, -0.2) is 0 Å². The molecule has 6 heteroatoms. The minimum atomic E-state index is -0.383. The predicted molar refractivity (Wildman–Crippen MR) is 105 cm³/mol. The van der Waals surface area contributed by atoms with Crippen molar-refractivity contribution >= 4 is 40.7 Å². The third-order valence-corrected chi connectivity index (χ3v) is 5.16. The number of hydrogen-bond donors (Lipinski definition) is 1. The van der Waals surface area contributed by atoms with E-state index in [0.717, 1.165) is 12.8 Å². The summed E-state index contributed by atoms with van der Waals surface area (Å²) in [7, 11) is 0. The second-order valence-corrected chi connectivity index (χ2v) is 7.23. The number of aryl methyl sites for hydroxylation is 1. The molecule has 2 aromatic carbocycles. The largest absolute Gasteiger partial charge is 0.342 e. The molecule has 0 aromatic heterocycles. The zero-order chi connectivity index (χ0) is 18.5. The first-order valence-corrected chi connectivity index (χ1v) is 9.37. The first-order valence-electron chi connectivity index (χ1n) is 8.61. The second kappa shape index (κ2) is 8.56. The summed E-state index contributed by atoms with van der Waals surface area (Å²) in [6.45, 7) is 1.09. The number of carbonyl (C=O) groups is 2. The zero-order valence-electron chi connectivity index (χ0n) is 14.3. The van der Waals surface area contributed by atoms with Crippen molar-refractivity contribution in [3.63, 3.8) is 0 Å². The lowest BCUT2D eigenvalue weighted by atomic mass is 10.1. The van der Waals surface area contributed by atoms with Crippen LogP contribution >= 0.6 is 23.2 Å². The molecule has 136 valence electrons. The average molecular weight is 391 g/mol. The van der Waals surface area contributed by atoms with Gasteiger partial charge in [0.25, 0.3) is 0 Å². The highest BCUT2D eigenvalue weighted by atomic mass is 35.5. The predicted octanol–water partition coefficient (Wildman–Crippen LogP) is 4.41. The van der Waals surface area contributed by atoms with Gasteiger partial charge in [0.2, 0.25) is 11.8 Å². The van der Waals surface area contributed by atoms with Gasteiger partial charge in [0.1, 0.15) is 0 Å². The van der Waals surface area contributed by atoms with Crippen LogP contribution < -0.4 is 5.32 Å². The lowest BCUT2D eigenvalue weighted by molar-refractivity contribution is -0.128. The van der Waals surface area contributed by atoms with E-state index in [4.69, 9.17) is 23.2 Å². The topological polar surface area (TPSA) is 49.4 Å². The van der Waals surface area contributed by atoms with Crippen LogP contribution in [0.5, 0.6) is 0 Å². The zero-order valence-corrected chi connectivity index (χ0v) is 15.8. The Morgan fingerprint density at radius 1 is 1.08 bits per heavy atom. The Balaban J connectivity index is 1.53. The molecule has 3 rings (SSSR count). The van der Waals surface area contributed by atoms with E-state index in [1.54, 1.807) is 23.1 Å². The fourth-order valence-electron chi connectivity index (χ4n) is 3.13. The standard InChI is InChI=1S/C20H20Cl2N2O2/c21-16-9-4-10-17(22)19(16)23-20(26)15-12-18(25)24(13-15)11-5-8-14-6-2-1-3-7-14/h1-4,6-7,9-10,15H,5,8,11-13H2,(H,23,26). The molecular formula is C20H20Cl2N2O2. The monoisotopic (exact) mass is 390 g/mol. The molecule has 26 heavy (non-hydrogen) atoms. The van der Waals surface area contributed by atoms with Gasteiger partial charge < -0.3 is 10.2 Å². The van der Waals surface area contributed by atoms with E-state index in [9.17, 15) is 9.59 Å². The maximum Gasteiger partial charge on any atom is 0.229 e. The Morgan fingerprint density at radius 2 is 1.77 bits per heavy atom. The van der Waals surface area contributed by atoms with Gasteiger partial charge >= 0.3 is 0 Å². The van der Waals surface area contributed by atoms with Crippen LogP contribution in [0.25, 0.3) is 0 Å². The highest BCUT2D eigenvalue weighted by Crippen LogP contribution is 2.31. The number of hydrogen-bond acceptors (Lipinski definition) is 2. The highest BCUT2D eigenvalue weighted by molar-refractivity contribution is 6.39. The van der Waals surface area contributed by atoms with Gasteiger partial charge in [-0.05, 0) is 30.5 Å². The number of amides is 2. The van der Waals surface area contributed by atoms with Gasteiger partial charge in [0, 0.05) is 19.5 Å². The Morgan fingerprint density at radius 3 is 2.46 bits per heavy atom. The number of para-hydroxylation sites is 1. The van der Waals surface area contributed by atoms with E-state index in [0.29, 0.717) is 28.8 Å². The van der Waals surface area contributed by atoms with Crippen LogP contribution in [0.4, 0.5) is 5.69 Å². The summed E-state index contributed by atoms with van der Waals surface area (Å²) in [6.07, 6.45) is 2.01. The second-order valence-electron chi connectivity index (χ2n) is 6.42. The number of likely N-dealkylation sites (tertiary alicyclic amines) is 1. The van der Waals surface area contributed by atoms with Gasteiger partial charge in [0.15, 0.2) is 0 Å². The molecule has 0 radical (unpaired) electrons. The van der Waals surface area contributed by atoms with Gasteiger partial charge in [0.05, 0.1) is 21.7 Å². The lowest BCUT2D eigenvalue weighted by Gasteiger charge is -2.17. The molecule has 1 aliphatic rings. The van der Waals surface area contributed by atoms with Crippen molar-refractivity contribution < 1.29 is 9.59 Å². The molecule has 4 nitrogen and oxygen atoms in total. The Hall–Kier alpha value is -2.04. The summed E-state index contributed by atoms with van der Waals surface area (Å²) >= 11 is 12.2. The van der Waals surface area contributed by atoms with Crippen LogP contribution in [0, 0.1) is 5.92 Å². The molecule has 1 unspecified atom stereocenters. The molecule has 1 atom stereocenters. The van der Waals surface area contributed by atoms with Crippen molar-refractivity contribution in [3.05, 3.63) is 64.1 Å². The maximum atomic E-state index is 12.5. The molecular weight excluding hydrogens is 371 g/mol.